The number of carbonyl (C=O) groups is 1. The Morgan fingerprint density at radius 2 is 1.82 bits per heavy atom. The topological polar surface area (TPSA) is 90.4 Å². The predicted octanol–water partition coefficient (Wildman–Crippen LogP) is 3.34. The highest BCUT2D eigenvalue weighted by molar-refractivity contribution is 5.98. The molecule has 5 rings (SSSR count). The number of likely N-dealkylation sites (tertiary alicyclic amines) is 1. The molecule has 0 atom stereocenters. The number of benzene rings is 1. The van der Waals surface area contributed by atoms with Crippen molar-refractivity contribution in [2.45, 2.75) is 44.9 Å². The van der Waals surface area contributed by atoms with Crippen molar-refractivity contribution in [1.29, 1.82) is 0 Å². The minimum atomic E-state index is -0.0513. The molecule has 1 saturated heterocycles. The molecule has 0 aliphatic carbocycles. The fourth-order valence-electron chi connectivity index (χ4n) is 4.54. The lowest BCUT2D eigenvalue weighted by atomic mass is 9.92. The molecular formula is C24H29N7O2. The Morgan fingerprint density at radius 3 is 2.52 bits per heavy atom. The highest BCUT2D eigenvalue weighted by Crippen LogP contribution is 2.30. The third-order valence-electron chi connectivity index (χ3n) is 6.42. The van der Waals surface area contributed by atoms with Crippen molar-refractivity contribution in [2.24, 2.45) is 7.05 Å². The minimum Gasteiger partial charge on any atom is -0.481 e. The molecule has 4 heterocycles. The van der Waals surface area contributed by atoms with Crippen LogP contribution >= 0.6 is 0 Å². The molecule has 33 heavy (non-hydrogen) atoms. The van der Waals surface area contributed by atoms with Crippen LogP contribution in [-0.2, 0) is 12.5 Å². The molecule has 9 nitrogen and oxygen atoms in total. The summed E-state index contributed by atoms with van der Waals surface area (Å²) in [7, 11) is 3.45. The monoisotopic (exact) mass is 447 g/mol. The van der Waals surface area contributed by atoms with E-state index < -0.39 is 0 Å². The Balaban J connectivity index is 1.33. The summed E-state index contributed by atoms with van der Waals surface area (Å²) in [5.74, 6) is 1.81. The maximum absolute atomic E-state index is 13.2. The summed E-state index contributed by atoms with van der Waals surface area (Å²) in [5.41, 5.74) is 3.11. The second-order valence-electron chi connectivity index (χ2n) is 9.73. The number of amides is 1. The van der Waals surface area contributed by atoms with Crippen LogP contribution in [0.25, 0.3) is 16.6 Å². The first-order chi connectivity index (χ1) is 15.8. The molecule has 1 aliphatic heterocycles. The number of methoxy groups -OCH3 is 1. The van der Waals surface area contributed by atoms with Gasteiger partial charge in [0.15, 0.2) is 11.5 Å². The third kappa shape index (κ3) is 3.71. The predicted molar refractivity (Wildman–Crippen MR) is 125 cm³/mol. The number of piperidine rings is 1. The van der Waals surface area contributed by atoms with E-state index >= 15 is 0 Å². The number of nitrogens with zero attached hydrogens (tertiary/aromatic N) is 7. The molecule has 172 valence electrons. The van der Waals surface area contributed by atoms with Crippen LogP contribution in [0.1, 0.15) is 61.4 Å². The van der Waals surface area contributed by atoms with Crippen molar-refractivity contribution in [3.8, 4) is 5.88 Å². The Labute approximate surface area is 192 Å². The van der Waals surface area contributed by atoms with Crippen LogP contribution in [0.2, 0.25) is 0 Å². The molecule has 4 aromatic rings. The van der Waals surface area contributed by atoms with E-state index in [0.29, 0.717) is 24.5 Å². The van der Waals surface area contributed by atoms with E-state index in [1.54, 1.807) is 11.8 Å². The number of rotatable bonds is 3. The van der Waals surface area contributed by atoms with Gasteiger partial charge in [-0.15, -0.1) is 10.2 Å². The van der Waals surface area contributed by atoms with Gasteiger partial charge in [-0.05, 0) is 43.2 Å². The highest BCUT2D eigenvalue weighted by atomic mass is 16.5. The Hall–Kier alpha value is -3.49. The molecule has 1 fully saturated rings. The highest BCUT2D eigenvalue weighted by Gasteiger charge is 2.29. The number of ether oxygens (including phenoxy) is 1. The third-order valence-corrected chi connectivity index (χ3v) is 6.42. The van der Waals surface area contributed by atoms with Crippen LogP contribution in [0.4, 0.5) is 0 Å². The van der Waals surface area contributed by atoms with Gasteiger partial charge >= 0.3 is 0 Å². The molecule has 9 heteroatoms. The van der Waals surface area contributed by atoms with Gasteiger partial charge in [0.25, 0.3) is 5.91 Å². The second kappa shape index (κ2) is 7.83. The van der Waals surface area contributed by atoms with Crippen LogP contribution in [-0.4, -0.2) is 60.6 Å². The van der Waals surface area contributed by atoms with E-state index in [-0.39, 0.29) is 17.2 Å². The van der Waals surface area contributed by atoms with E-state index in [0.717, 1.165) is 40.9 Å². The molecule has 0 bridgehead atoms. The van der Waals surface area contributed by atoms with Crippen LogP contribution < -0.4 is 4.74 Å². The maximum atomic E-state index is 13.2. The van der Waals surface area contributed by atoms with Gasteiger partial charge in [-0.25, -0.2) is 4.68 Å². The maximum Gasteiger partial charge on any atom is 0.253 e. The average molecular weight is 448 g/mol. The number of carbonyl (C=O) groups excluding carboxylic acids is 1. The summed E-state index contributed by atoms with van der Waals surface area (Å²) >= 11 is 0. The van der Waals surface area contributed by atoms with E-state index in [1.807, 2.05) is 46.8 Å². The van der Waals surface area contributed by atoms with Gasteiger partial charge in [0.05, 0.1) is 23.7 Å². The molecule has 1 aromatic carbocycles. The van der Waals surface area contributed by atoms with Crippen LogP contribution in [0.5, 0.6) is 5.88 Å². The van der Waals surface area contributed by atoms with Crippen molar-refractivity contribution in [3.63, 3.8) is 0 Å². The number of aromatic nitrogens is 6. The number of hydrogen-bond acceptors (Lipinski definition) is 6. The first kappa shape index (κ1) is 21.4. The van der Waals surface area contributed by atoms with Gasteiger partial charge < -0.3 is 9.64 Å². The van der Waals surface area contributed by atoms with Crippen LogP contribution in [0.3, 0.4) is 0 Å². The molecule has 3 aromatic heterocycles. The van der Waals surface area contributed by atoms with Gasteiger partial charge in [0.2, 0.25) is 5.88 Å². The van der Waals surface area contributed by atoms with E-state index in [1.165, 1.54) is 0 Å². The van der Waals surface area contributed by atoms with Gasteiger partial charge in [-0.2, -0.15) is 14.7 Å². The molecule has 1 amide bonds. The smallest absolute Gasteiger partial charge is 0.253 e. The van der Waals surface area contributed by atoms with Crippen molar-refractivity contribution < 1.29 is 9.53 Å². The summed E-state index contributed by atoms with van der Waals surface area (Å²) in [4.78, 5) is 15.1. The van der Waals surface area contributed by atoms with Gasteiger partial charge in [-0.1, -0.05) is 20.8 Å². The number of fused-ring (bicyclic) bond motifs is 2. The first-order valence-corrected chi connectivity index (χ1v) is 11.3. The lowest BCUT2D eigenvalue weighted by Crippen LogP contribution is -2.38. The molecule has 0 spiro atoms. The first-order valence-electron chi connectivity index (χ1n) is 11.3. The minimum absolute atomic E-state index is 0.0271. The standard InChI is InChI=1S/C24H29N7O2/c1-24(2,3)19-8-9-20-25-26-21(31(20)28-19)15-10-12-30(13-11-15)22(32)16-6-7-17-18(14-16)27-29(4)23(17)33-5/h6-9,14-15H,10-13H2,1-5H3. The summed E-state index contributed by atoms with van der Waals surface area (Å²) in [5, 5.41) is 18.9. The summed E-state index contributed by atoms with van der Waals surface area (Å²) in [6.45, 7) is 7.77. The average Bonchev–Trinajstić information content (AvgIpc) is 3.36. The molecule has 0 N–H and O–H groups in total. The quantitative estimate of drug-likeness (QED) is 0.478. The van der Waals surface area contributed by atoms with Crippen molar-refractivity contribution >= 4 is 22.5 Å². The number of hydrogen-bond donors (Lipinski definition) is 0. The molecule has 0 saturated carbocycles. The zero-order valence-corrected chi connectivity index (χ0v) is 19.7. The summed E-state index contributed by atoms with van der Waals surface area (Å²) in [6, 6.07) is 9.59. The second-order valence-corrected chi connectivity index (χ2v) is 9.73. The lowest BCUT2D eigenvalue weighted by Gasteiger charge is -2.31. The Kier molecular flexibility index (Phi) is 5.07. The fourth-order valence-corrected chi connectivity index (χ4v) is 4.54. The molecule has 0 radical (unpaired) electrons. The lowest BCUT2D eigenvalue weighted by molar-refractivity contribution is 0.0710. The summed E-state index contributed by atoms with van der Waals surface area (Å²) < 4.78 is 8.97. The fraction of sp³-hybridized carbons (Fsp3) is 0.458. The largest absolute Gasteiger partial charge is 0.481 e. The molecule has 0 unspecified atom stereocenters. The van der Waals surface area contributed by atoms with E-state index in [4.69, 9.17) is 9.84 Å². The SMILES string of the molecule is COc1c2ccc(C(=O)N3CCC(c4nnc5ccc(C(C)(C)C)nn45)CC3)cc2nn1C. The van der Waals surface area contributed by atoms with Gasteiger partial charge in [0, 0.05) is 37.0 Å². The van der Waals surface area contributed by atoms with E-state index in [9.17, 15) is 4.79 Å². The Morgan fingerprint density at radius 1 is 1.06 bits per heavy atom. The number of aryl methyl sites for hydroxylation is 1. The van der Waals surface area contributed by atoms with Crippen molar-refractivity contribution in [2.75, 3.05) is 20.2 Å². The van der Waals surface area contributed by atoms with E-state index in [2.05, 4.69) is 36.1 Å². The van der Waals surface area contributed by atoms with Crippen LogP contribution in [0.15, 0.2) is 30.3 Å². The summed E-state index contributed by atoms with van der Waals surface area (Å²) in [6.07, 6.45) is 1.65. The van der Waals surface area contributed by atoms with Gasteiger partial charge in [-0.3, -0.25) is 4.79 Å². The van der Waals surface area contributed by atoms with Gasteiger partial charge in [0.1, 0.15) is 0 Å². The van der Waals surface area contributed by atoms with Crippen molar-refractivity contribution in [3.05, 3.63) is 47.4 Å². The van der Waals surface area contributed by atoms with Crippen LogP contribution in [0, 0.1) is 0 Å². The molecule has 1 aliphatic rings. The normalized spacial score (nSPS) is 15.5. The Bertz CT molecular complexity index is 1340. The molecular weight excluding hydrogens is 418 g/mol. The zero-order valence-electron chi connectivity index (χ0n) is 19.7. The van der Waals surface area contributed by atoms with Crippen molar-refractivity contribution in [1.82, 2.24) is 34.5 Å². The zero-order chi connectivity index (χ0) is 23.3.